The van der Waals surface area contributed by atoms with E-state index in [9.17, 15) is 0 Å². The van der Waals surface area contributed by atoms with Crippen LogP contribution in [0.25, 0.3) is 0 Å². The Morgan fingerprint density at radius 3 is 2.69 bits per heavy atom. The van der Waals surface area contributed by atoms with Crippen LogP contribution in [-0.4, -0.2) is 24.3 Å². The number of nitrogens with two attached hydrogens (primary N) is 1. The lowest BCUT2D eigenvalue weighted by Crippen LogP contribution is -2.21. The highest BCUT2D eigenvalue weighted by molar-refractivity contribution is 5.80. The van der Waals surface area contributed by atoms with Crippen molar-refractivity contribution in [3.63, 3.8) is 0 Å². The number of hydrogen-bond acceptors (Lipinski definition) is 3. The molecular weight excluding hydrogens is 204 g/mol. The van der Waals surface area contributed by atoms with Crippen molar-refractivity contribution in [2.75, 3.05) is 13.2 Å². The molecule has 0 atom stereocenters. The average molecular weight is 228 g/mol. The van der Waals surface area contributed by atoms with Crippen LogP contribution in [0.3, 0.4) is 0 Å². The molecule has 3 N–H and O–H groups in total. The lowest BCUT2D eigenvalue weighted by atomic mass is 10.0. The summed E-state index contributed by atoms with van der Waals surface area (Å²) in [6.07, 6.45) is 5.26. The second kappa shape index (κ2) is 6.09. The van der Waals surface area contributed by atoms with Gasteiger partial charge in [0.2, 0.25) is 0 Å². The van der Waals surface area contributed by atoms with Crippen LogP contribution in [0, 0.1) is 11.3 Å². The van der Waals surface area contributed by atoms with Crippen molar-refractivity contribution in [2.45, 2.75) is 46.0 Å². The number of rotatable bonds is 8. The molecular formula is C12H24N2O2. The summed E-state index contributed by atoms with van der Waals surface area (Å²) >= 11 is 0. The van der Waals surface area contributed by atoms with E-state index >= 15 is 0 Å². The highest BCUT2D eigenvalue weighted by atomic mass is 16.5. The standard InChI is InChI=1S/C12H24N2O2/c1-10(2)4-3-7-16-9-12(5-6-12)8-11(13)14-15/h10,15H,3-9H2,1-2H3,(H2,13,14). The van der Waals surface area contributed by atoms with Crippen LogP contribution in [0.15, 0.2) is 5.16 Å². The maximum atomic E-state index is 8.52. The van der Waals surface area contributed by atoms with Gasteiger partial charge in [-0.1, -0.05) is 19.0 Å². The molecule has 0 aromatic heterocycles. The first kappa shape index (κ1) is 13.3. The van der Waals surface area contributed by atoms with Gasteiger partial charge in [-0.25, -0.2) is 0 Å². The van der Waals surface area contributed by atoms with Crippen molar-refractivity contribution >= 4 is 5.84 Å². The largest absolute Gasteiger partial charge is 0.409 e. The van der Waals surface area contributed by atoms with E-state index in [-0.39, 0.29) is 5.41 Å². The Bertz CT molecular complexity index is 235. The Morgan fingerprint density at radius 1 is 1.50 bits per heavy atom. The Kier molecular flexibility index (Phi) is 5.06. The number of ether oxygens (including phenoxy) is 1. The lowest BCUT2D eigenvalue weighted by Gasteiger charge is -2.14. The Labute approximate surface area is 97.8 Å². The molecule has 4 heteroatoms. The second-order valence-corrected chi connectivity index (χ2v) is 5.36. The van der Waals surface area contributed by atoms with Gasteiger partial charge in [0, 0.05) is 18.4 Å². The zero-order valence-corrected chi connectivity index (χ0v) is 10.4. The molecule has 4 nitrogen and oxygen atoms in total. The fourth-order valence-electron chi connectivity index (χ4n) is 1.85. The molecule has 1 rings (SSSR count). The zero-order valence-electron chi connectivity index (χ0n) is 10.4. The zero-order chi connectivity index (χ0) is 12.0. The monoisotopic (exact) mass is 228 g/mol. The molecule has 0 aromatic carbocycles. The molecule has 0 aromatic rings. The molecule has 16 heavy (non-hydrogen) atoms. The van der Waals surface area contributed by atoms with Gasteiger partial charge in [-0.05, 0) is 31.6 Å². The third-order valence-corrected chi connectivity index (χ3v) is 3.12. The van der Waals surface area contributed by atoms with Crippen molar-refractivity contribution < 1.29 is 9.94 Å². The summed E-state index contributed by atoms with van der Waals surface area (Å²) in [5.41, 5.74) is 5.69. The summed E-state index contributed by atoms with van der Waals surface area (Å²) in [5, 5.41) is 11.5. The maximum absolute atomic E-state index is 8.52. The molecule has 0 radical (unpaired) electrons. The fraction of sp³-hybridized carbons (Fsp3) is 0.917. The van der Waals surface area contributed by atoms with Crippen molar-refractivity contribution in [1.82, 2.24) is 0 Å². The summed E-state index contributed by atoms with van der Waals surface area (Å²) < 4.78 is 5.66. The van der Waals surface area contributed by atoms with Crippen molar-refractivity contribution in [1.29, 1.82) is 0 Å². The molecule has 94 valence electrons. The van der Waals surface area contributed by atoms with Gasteiger partial charge in [0.25, 0.3) is 0 Å². The summed E-state index contributed by atoms with van der Waals surface area (Å²) in [7, 11) is 0. The Morgan fingerprint density at radius 2 is 2.19 bits per heavy atom. The van der Waals surface area contributed by atoms with E-state index < -0.39 is 0 Å². The molecule has 0 unspecified atom stereocenters. The van der Waals surface area contributed by atoms with Gasteiger partial charge in [-0.3, -0.25) is 0 Å². The SMILES string of the molecule is CC(C)CCCOCC1(CC(N)=NO)CC1. The lowest BCUT2D eigenvalue weighted by molar-refractivity contribution is 0.0876. The van der Waals surface area contributed by atoms with Crippen LogP contribution in [0.5, 0.6) is 0 Å². The third-order valence-electron chi connectivity index (χ3n) is 3.12. The maximum Gasteiger partial charge on any atom is 0.139 e. The van der Waals surface area contributed by atoms with Gasteiger partial charge < -0.3 is 15.7 Å². The minimum absolute atomic E-state index is 0.175. The molecule has 0 heterocycles. The van der Waals surface area contributed by atoms with E-state index in [1.807, 2.05) is 0 Å². The van der Waals surface area contributed by atoms with Gasteiger partial charge in [-0.15, -0.1) is 0 Å². The van der Waals surface area contributed by atoms with E-state index in [0.717, 1.165) is 38.4 Å². The van der Waals surface area contributed by atoms with Crippen molar-refractivity contribution in [2.24, 2.45) is 22.2 Å². The molecule has 1 saturated carbocycles. The van der Waals surface area contributed by atoms with Crippen LogP contribution < -0.4 is 5.73 Å². The van der Waals surface area contributed by atoms with E-state index in [2.05, 4.69) is 19.0 Å². The Balaban J connectivity index is 2.08. The number of hydrogen-bond donors (Lipinski definition) is 2. The van der Waals surface area contributed by atoms with Gasteiger partial charge in [-0.2, -0.15) is 0 Å². The predicted molar refractivity (Wildman–Crippen MR) is 64.6 cm³/mol. The molecule has 1 fully saturated rings. The summed E-state index contributed by atoms with van der Waals surface area (Å²) in [6, 6.07) is 0. The normalized spacial score (nSPS) is 19.1. The molecule has 0 saturated heterocycles. The van der Waals surface area contributed by atoms with Crippen LogP contribution in [-0.2, 0) is 4.74 Å². The summed E-state index contributed by atoms with van der Waals surface area (Å²) in [5.74, 6) is 1.07. The van der Waals surface area contributed by atoms with Crippen LogP contribution in [0.4, 0.5) is 0 Å². The fourth-order valence-corrected chi connectivity index (χ4v) is 1.85. The summed E-state index contributed by atoms with van der Waals surface area (Å²) in [4.78, 5) is 0. The Hall–Kier alpha value is -0.770. The average Bonchev–Trinajstić information content (AvgIpc) is 2.97. The number of oxime groups is 1. The molecule has 0 amide bonds. The molecule has 0 aliphatic heterocycles. The van der Waals surface area contributed by atoms with E-state index in [1.165, 1.54) is 6.42 Å². The van der Waals surface area contributed by atoms with Crippen LogP contribution in [0.2, 0.25) is 0 Å². The van der Waals surface area contributed by atoms with E-state index in [4.69, 9.17) is 15.7 Å². The second-order valence-electron chi connectivity index (χ2n) is 5.36. The van der Waals surface area contributed by atoms with Crippen LogP contribution >= 0.6 is 0 Å². The first-order valence-corrected chi connectivity index (χ1v) is 6.12. The van der Waals surface area contributed by atoms with Crippen molar-refractivity contribution in [3.05, 3.63) is 0 Å². The molecule has 1 aliphatic rings. The molecule has 1 aliphatic carbocycles. The smallest absolute Gasteiger partial charge is 0.139 e. The first-order chi connectivity index (χ1) is 7.58. The van der Waals surface area contributed by atoms with E-state index in [0.29, 0.717) is 12.3 Å². The van der Waals surface area contributed by atoms with Gasteiger partial charge in [0.05, 0.1) is 6.61 Å². The van der Waals surface area contributed by atoms with Gasteiger partial charge in [0.15, 0.2) is 0 Å². The van der Waals surface area contributed by atoms with Crippen LogP contribution in [0.1, 0.15) is 46.0 Å². The number of amidine groups is 1. The van der Waals surface area contributed by atoms with Gasteiger partial charge in [0.1, 0.15) is 5.84 Å². The minimum Gasteiger partial charge on any atom is -0.409 e. The number of nitrogens with zero attached hydrogens (tertiary/aromatic N) is 1. The molecule has 0 spiro atoms. The third kappa shape index (κ3) is 4.84. The predicted octanol–water partition coefficient (Wildman–Crippen LogP) is 2.36. The summed E-state index contributed by atoms with van der Waals surface area (Å²) in [6.45, 7) is 6.03. The highest BCUT2D eigenvalue weighted by Crippen LogP contribution is 2.48. The van der Waals surface area contributed by atoms with Crippen molar-refractivity contribution in [3.8, 4) is 0 Å². The van der Waals surface area contributed by atoms with Gasteiger partial charge >= 0.3 is 0 Å². The quantitative estimate of drug-likeness (QED) is 0.220. The topological polar surface area (TPSA) is 67.8 Å². The first-order valence-electron chi connectivity index (χ1n) is 6.12. The highest BCUT2D eigenvalue weighted by Gasteiger charge is 2.43. The minimum atomic E-state index is 0.175. The van der Waals surface area contributed by atoms with E-state index in [1.54, 1.807) is 0 Å². The molecule has 0 bridgehead atoms.